The summed E-state index contributed by atoms with van der Waals surface area (Å²) in [6.07, 6.45) is 2.65. The van der Waals surface area contributed by atoms with Crippen molar-refractivity contribution in [2.45, 2.75) is 11.3 Å². The van der Waals surface area contributed by atoms with Crippen LogP contribution in [-0.4, -0.2) is 58.9 Å². The second-order valence-corrected chi connectivity index (χ2v) is 7.67. The van der Waals surface area contributed by atoms with Crippen molar-refractivity contribution in [2.75, 3.05) is 39.0 Å². The summed E-state index contributed by atoms with van der Waals surface area (Å²) in [4.78, 5) is 17.7. The van der Waals surface area contributed by atoms with Crippen LogP contribution in [0.5, 0.6) is 0 Å². The van der Waals surface area contributed by atoms with Crippen molar-refractivity contribution in [1.82, 2.24) is 9.80 Å². The molecular weight excluding hydrogens is 332 g/mol. The highest BCUT2D eigenvalue weighted by atomic mass is 32.2. The van der Waals surface area contributed by atoms with Crippen molar-refractivity contribution in [3.05, 3.63) is 65.7 Å². The Kier molecular flexibility index (Phi) is 6.00. The van der Waals surface area contributed by atoms with E-state index in [0.29, 0.717) is 10.5 Å². The summed E-state index contributed by atoms with van der Waals surface area (Å²) in [5.74, 6) is -0.00601. The molecule has 0 unspecified atom stereocenters. The van der Waals surface area contributed by atoms with Crippen molar-refractivity contribution in [3.8, 4) is 0 Å². The highest BCUT2D eigenvalue weighted by Gasteiger charge is 2.24. The first-order valence-electron chi connectivity index (χ1n) is 8.63. The summed E-state index contributed by atoms with van der Waals surface area (Å²) in [7, 11) is -1.15. The van der Waals surface area contributed by atoms with Crippen molar-refractivity contribution in [2.24, 2.45) is 0 Å². The number of carbonyl (C=O) groups excluding carboxylic acids is 1. The highest BCUT2D eigenvalue weighted by Crippen LogP contribution is 2.16. The van der Waals surface area contributed by atoms with Gasteiger partial charge in [-0.05, 0) is 24.1 Å². The first-order chi connectivity index (χ1) is 12.1. The predicted octanol–water partition coefficient (Wildman–Crippen LogP) is 2.42. The maximum atomic E-state index is 12.8. The minimum Gasteiger partial charge on any atom is -0.336 e. The Hall–Kier alpha value is -1.98. The second kappa shape index (κ2) is 8.41. The molecule has 1 aliphatic rings. The molecule has 0 bridgehead atoms. The van der Waals surface area contributed by atoms with Gasteiger partial charge in [0.1, 0.15) is 0 Å². The molecule has 1 saturated heterocycles. The van der Waals surface area contributed by atoms with Gasteiger partial charge in [-0.15, -0.1) is 0 Å². The summed E-state index contributed by atoms with van der Waals surface area (Å²) in [5, 5.41) is 0. The molecule has 5 heteroatoms. The zero-order valence-corrected chi connectivity index (χ0v) is 15.4. The molecular formula is C20H24N2O2S. The van der Waals surface area contributed by atoms with E-state index in [1.807, 2.05) is 23.1 Å². The first kappa shape index (κ1) is 17.8. The van der Waals surface area contributed by atoms with E-state index in [-0.39, 0.29) is 5.91 Å². The number of piperazine rings is 1. The summed E-state index contributed by atoms with van der Waals surface area (Å²) in [6, 6.07) is 17.7. The lowest BCUT2D eigenvalue weighted by molar-refractivity contribution is 0.0635. The van der Waals surface area contributed by atoms with E-state index in [9.17, 15) is 9.00 Å². The van der Waals surface area contributed by atoms with Crippen LogP contribution >= 0.6 is 0 Å². The van der Waals surface area contributed by atoms with Crippen LogP contribution in [0.15, 0.2) is 59.5 Å². The van der Waals surface area contributed by atoms with E-state index in [2.05, 4.69) is 29.2 Å². The van der Waals surface area contributed by atoms with Gasteiger partial charge in [0.15, 0.2) is 0 Å². The van der Waals surface area contributed by atoms with Crippen molar-refractivity contribution >= 4 is 16.7 Å². The fraction of sp³-hybridized carbons (Fsp3) is 0.350. The third-order valence-corrected chi connectivity index (χ3v) is 5.62. The van der Waals surface area contributed by atoms with Gasteiger partial charge in [-0.3, -0.25) is 13.9 Å². The Balaban J connectivity index is 1.55. The molecule has 1 aliphatic heterocycles. The van der Waals surface area contributed by atoms with E-state index in [4.69, 9.17) is 0 Å². The molecule has 1 amide bonds. The van der Waals surface area contributed by atoms with Crippen LogP contribution in [0, 0.1) is 0 Å². The Morgan fingerprint density at radius 3 is 2.28 bits per heavy atom. The van der Waals surface area contributed by atoms with Crippen molar-refractivity contribution in [3.63, 3.8) is 0 Å². The fourth-order valence-electron chi connectivity index (χ4n) is 3.17. The van der Waals surface area contributed by atoms with Gasteiger partial charge in [0.05, 0.1) is 21.3 Å². The predicted molar refractivity (Wildman–Crippen MR) is 101 cm³/mol. The Morgan fingerprint density at radius 1 is 0.960 bits per heavy atom. The number of nitrogens with zero attached hydrogens (tertiary/aromatic N) is 2. The molecule has 132 valence electrons. The number of hydrogen-bond donors (Lipinski definition) is 0. The third-order valence-electron chi connectivity index (χ3n) is 4.65. The number of carbonyl (C=O) groups is 1. The van der Waals surface area contributed by atoms with Crippen LogP contribution in [0.4, 0.5) is 0 Å². The molecule has 1 atom stereocenters. The molecule has 3 rings (SSSR count). The van der Waals surface area contributed by atoms with E-state index < -0.39 is 10.8 Å². The molecule has 1 fully saturated rings. The van der Waals surface area contributed by atoms with Gasteiger partial charge >= 0.3 is 0 Å². The summed E-state index contributed by atoms with van der Waals surface area (Å²) >= 11 is 0. The molecule has 0 spiro atoms. The number of rotatable bonds is 5. The van der Waals surface area contributed by atoms with Crippen LogP contribution < -0.4 is 0 Å². The molecule has 0 aliphatic carbocycles. The van der Waals surface area contributed by atoms with Gasteiger partial charge in [-0.25, -0.2) is 0 Å². The van der Waals surface area contributed by atoms with Crippen LogP contribution in [0.3, 0.4) is 0 Å². The smallest absolute Gasteiger partial charge is 0.255 e. The minimum atomic E-state index is -1.15. The molecule has 0 radical (unpaired) electrons. The Labute approximate surface area is 151 Å². The monoisotopic (exact) mass is 356 g/mol. The van der Waals surface area contributed by atoms with Crippen LogP contribution in [0.1, 0.15) is 15.9 Å². The number of hydrogen-bond acceptors (Lipinski definition) is 3. The van der Waals surface area contributed by atoms with Gasteiger partial charge in [0, 0.05) is 39.0 Å². The van der Waals surface area contributed by atoms with Gasteiger partial charge in [0.25, 0.3) is 5.91 Å². The lowest BCUT2D eigenvalue weighted by Crippen LogP contribution is -2.49. The largest absolute Gasteiger partial charge is 0.336 e. The minimum absolute atomic E-state index is 0.00601. The average molecular weight is 356 g/mol. The van der Waals surface area contributed by atoms with Gasteiger partial charge in [-0.1, -0.05) is 42.5 Å². The topological polar surface area (TPSA) is 40.6 Å². The van der Waals surface area contributed by atoms with Crippen LogP contribution in [-0.2, 0) is 17.2 Å². The van der Waals surface area contributed by atoms with Gasteiger partial charge in [-0.2, -0.15) is 0 Å². The first-order valence-corrected chi connectivity index (χ1v) is 10.2. The van der Waals surface area contributed by atoms with Crippen molar-refractivity contribution < 1.29 is 9.00 Å². The molecule has 2 aromatic carbocycles. The zero-order chi connectivity index (χ0) is 17.6. The zero-order valence-electron chi connectivity index (χ0n) is 14.6. The SMILES string of the molecule is C[S@@](=O)c1ccccc1C(=O)N1CCN(CCc2ccccc2)CC1. The lowest BCUT2D eigenvalue weighted by Gasteiger charge is -2.35. The fourth-order valence-corrected chi connectivity index (χ4v) is 3.91. The molecule has 4 nitrogen and oxygen atoms in total. The normalized spacial score (nSPS) is 16.6. The maximum Gasteiger partial charge on any atom is 0.255 e. The quantitative estimate of drug-likeness (QED) is 0.826. The summed E-state index contributed by atoms with van der Waals surface area (Å²) < 4.78 is 11.9. The van der Waals surface area contributed by atoms with E-state index in [0.717, 1.165) is 39.1 Å². The van der Waals surface area contributed by atoms with Gasteiger partial charge < -0.3 is 4.90 Å². The summed E-state index contributed by atoms with van der Waals surface area (Å²) in [6.45, 7) is 4.23. The standard InChI is InChI=1S/C20H24N2O2S/c1-25(24)19-10-6-5-9-18(19)20(23)22-15-13-21(14-16-22)12-11-17-7-3-2-4-8-17/h2-10H,11-16H2,1H3/t25-/m1/s1. The highest BCUT2D eigenvalue weighted by molar-refractivity contribution is 7.84. The van der Waals surface area contributed by atoms with E-state index in [1.54, 1.807) is 18.4 Å². The number of benzene rings is 2. The Morgan fingerprint density at radius 2 is 1.60 bits per heavy atom. The molecule has 0 aromatic heterocycles. The number of amides is 1. The summed E-state index contributed by atoms with van der Waals surface area (Å²) in [5.41, 5.74) is 1.92. The van der Waals surface area contributed by atoms with E-state index >= 15 is 0 Å². The van der Waals surface area contributed by atoms with Crippen LogP contribution in [0.2, 0.25) is 0 Å². The lowest BCUT2D eigenvalue weighted by atomic mass is 10.1. The third kappa shape index (κ3) is 4.55. The Bertz CT molecular complexity index is 740. The van der Waals surface area contributed by atoms with Crippen LogP contribution in [0.25, 0.3) is 0 Å². The second-order valence-electron chi connectivity index (χ2n) is 6.32. The molecule has 25 heavy (non-hydrogen) atoms. The molecule has 2 aromatic rings. The average Bonchev–Trinajstić information content (AvgIpc) is 2.67. The van der Waals surface area contributed by atoms with Gasteiger partial charge in [0.2, 0.25) is 0 Å². The molecule has 0 N–H and O–H groups in total. The molecule has 0 saturated carbocycles. The van der Waals surface area contributed by atoms with E-state index in [1.165, 1.54) is 5.56 Å². The van der Waals surface area contributed by atoms with Crippen molar-refractivity contribution in [1.29, 1.82) is 0 Å². The maximum absolute atomic E-state index is 12.8. The molecule has 1 heterocycles.